The molecule has 0 unspecified atom stereocenters. The minimum atomic E-state index is 0.468. The van der Waals surface area contributed by atoms with Crippen molar-refractivity contribution < 1.29 is 4.74 Å². The number of hydrogen-bond acceptors (Lipinski definition) is 3. The fraction of sp³-hybridized carbons (Fsp3) is 0.769. The van der Waals surface area contributed by atoms with Crippen LogP contribution in [0.3, 0.4) is 0 Å². The van der Waals surface area contributed by atoms with Gasteiger partial charge in [0.15, 0.2) is 0 Å². The summed E-state index contributed by atoms with van der Waals surface area (Å²) in [5, 5.41) is 3.37. The lowest BCUT2D eigenvalue weighted by atomic mass is 10.3. The summed E-state index contributed by atoms with van der Waals surface area (Å²) >= 11 is 0. The van der Waals surface area contributed by atoms with E-state index in [1.54, 1.807) is 0 Å². The van der Waals surface area contributed by atoms with E-state index in [4.69, 9.17) is 4.74 Å². The Balaban J connectivity index is 2.11. The Kier molecular flexibility index (Phi) is 6.89. The molecule has 1 aromatic rings. The SMILES string of the molecule is CCCCOCCNCc1cncn1C(C)C. The third kappa shape index (κ3) is 5.33. The predicted octanol–water partition coefficient (Wildman–Crippen LogP) is 2.37. The van der Waals surface area contributed by atoms with Crippen molar-refractivity contribution in [2.75, 3.05) is 19.8 Å². The van der Waals surface area contributed by atoms with Crippen LogP contribution in [0.1, 0.15) is 45.3 Å². The van der Waals surface area contributed by atoms with Crippen LogP contribution in [0.2, 0.25) is 0 Å². The van der Waals surface area contributed by atoms with Gasteiger partial charge in [-0.2, -0.15) is 0 Å². The highest BCUT2D eigenvalue weighted by molar-refractivity contribution is 4.99. The summed E-state index contributed by atoms with van der Waals surface area (Å²) < 4.78 is 7.67. The van der Waals surface area contributed by atoms with E-state index in [-0.39, 0.29) is 0 Å². The second-order valence-electron chi connectivity index (χ2n) is 4.53. The molecule has 0 spiro atoms. The summed E-state index contributed by atoms with van der Waals surface area (Å²) in [7, 11) is 0. The molecule has 4 heteroatoms. The number of imidazole rings is 1. The quantitative estimate of drug-likeness (QED) is 0.672. The van der Waals surface area contributed by atoms with E-state index in [0.29, 0.717) is 6.04 Å². The number of unbranched alkanes of at least 4 members (excludes halogenated alkanes) is 1. The van der Waals surface area contributed by atoms with Crippen molar-refractivity contribution in [3.63, 3.8) is 0 Å². The van der Waals surface area contributed by atoms with E-state index in [0.717, 1.165) is 32.7 Å². The lowest BCUT2D eigenvalue weighted by Crippen LogP contribution is -2.21. The van der Waals surface area contributed by atoms with Gasteiger partial charge >= 0.3 is 0 Å². The first-order chi connectivity index (χ1) is 8.25. The fourth-order valence-corrected chi connectivity index (χ4v) is 1.64. The van der Waals surface area contributed by atoms with Gasteiger partial charge in [-0.3, -0.25) is 0 Å². The monoisotopic (exact) mass is 239 g/mol. The number of hydrogen-bond donors (Lipinski definition) is 1. The zero-order chi connectivity index (χ0) is 12.5. The average molecular weight is 239 g/mol. The lowest BCUT2D eigenvalue weighted by molar-refractivity contribution is 0.132. The molecule has 0 aliphatic carbocycles. The van der Waals surface area contributed by atoms with Crippen LogP contribution < -0.4 is 5.32 Å². The topological polar surface area (TPSA) is 39.1 Å². The molecule has 0 fully saturated rings. The van der Waals surface area contributed by atoms with Crippen LogP contribution in [-0.2, 0) is 11.3 Å². The van der Waals surface area contributed by atoms with Gasteiger partial charge in [-0.15, -0.1) is 0 Å². The maximum absolute atomic E-state index is 5.49. The normalized spacial score (nSPS) is 11.3. The molecule has 4 nitrogen and oxygen atoms in total. The second-order valence-corrected chi connectivity index (χ2v) is 4.53. The van der Waals surface area contributed by atoms with Gasteiger partial charge in [-0.25, -0.2) is 4.98 Å². The van der Waals surface area contributed by atoms with Gasteiger partial charge < -0.3 is 14.6 Å². The number of aromatic nitrogens is 2. The van der Waals surface area contributed by atoms with E-state index in [1.165, 1.54) is 12.1 Å². The molecule has 0 bridgehead atoms. The molecule has 0 amide bonds. The molecule has 0 radical (unpaired) electrons. The molecule has 0 saturated carbocycles. The van der Waals surface area contributed by atoms with Gasteiger partial charge in [0.2, 0.25) is 0 Å². The molecular formula is C13H25N3O. The van der Waals surface area contributed by atoms with Crippen LogP contribution in [-0.4, -0.2) is 29.3 Å². The summed E-state index contributed by atoms with van der Waals surface area (Å²) in [4.78, 5) is 4.17. The third-order valence-electron chi connectivity index (χ3n) is 2.67. The van der Waals surface area contributed by atoms with Crippen LogP contribution >= 0.6 is 0 Å². The van der Waals surface area contributed by atoms with Crippen molar-refractivity contribution in [2.45, 2.75) is 46.2 Å². The number of rotatable bonds is 9. The van der Waals surface area contributed by atoms with Gasteiger partial charge in [0.25, 0.3) is 0 Å². The van der Waals surface area contributed by atoms with Crippen LogP contribution in [0.15, 0.2) is 12.5 Å². The number of ether oxygens (including phenoxy) is 1. The van der Waals surface area contributed by atoms with E-state index in [1.807, 2.05) is 12.5 Å². The molecule has 0 aromatic carbocycles. The van der Waals surface area contributed by atoms with Gasteiger partial charge in [-0.1, -0.05) is 13.3 Å². The molecule has 1 rings (SSSR count). The van der Waals surface area contributed by atoms with Gasteiger partial charge in [0, 0.05) is 31.9 Å². The van der Waals surface area contributed by atoms with E-state index in [2.05, 4.69) is 35.6 Å². The van der Waals surface area contributed by atoms with Crippen molar-refractivity contribution in [3.8, 4) is 0 Å². The summed E-state index contributed by atoms with van der Waals surface area (Å²) in [6.45, 7) is 9.92. The highest BCUT2D eigenvalue weighted by atomic mass is 16.5. The molecule has 0 atom stereocenters. The van der Waals surface area contributed by atoms with Crippen LogP contribution in [0, 0.1) is 0 Å². The first kappa shape index (κ1) is 14.2. The molecule has 1 aromatic heterocycles. The maximum atomic E-state index is 5.49. The highest BCUT2D eigenvalue weighted by Crippen LogP contribution is 2.07. The summed E-state index contributed by atoms with van der Waals surface area (Å²) in [5.41, 5.74) is 1.23. The van der Waals surface area contributed by atoms with Crippen LogP contribution in [0.5, 0.6) is 0 Å². The average Bonchev–Trinajstić information content (AvgIpc) is 2.76. The van der Waals surface area contributed by atoms with Crippen molar-refractivity contribution >= 4 is 0 Å². The van der Waals surface area contributed by atoms with Gasteiger partial charge in [-0.05, 0) is 20.3 Å². The Bertz CT molecular complexity index is 297. The first-order valence-corrected chi connectivity index (χ1v) is 6.54. The standard InChI is InChI=1S/C13H25N3O/c1-4-5-7-17-8-6-14-9-13-10-15-11-16(13)12(2)3/h10-12,14H,4-9H2,1-3H3. The third-order valence-corrected chi connectivity index (χ3v) is 2.67. The molecule has 1 heterocycles. The number of nitrogens with one attached hydrogen (secondary N) is 1. The Labute approximate surface area is 104 Å². The largest absolute Gasteiger partial charge is 0.380 e. The molecule has 17 heavy (non-hydrogen) atoms. The molecule has 98 valence electrons. The Hall–Kier alpha value is -0.870. The molecule has 0 saturated heterocycles. The Morgan fingerprint density at radius 2 is 2.24 bits per heavy atom. The van der Waals surface area contributed by atoms with Gasteiger partial charge in [0.05, 0.1) is 18.6 Å². The minimum absolute atomic E-state index is 0.468. The minimum Gasteiger partial charge on any atom is -0.380 e. The summed E-state index contributed by atoms with van der Waals surface area (Å²) in [6, 6.07) is 0.468. The van der Waals surface area contributed by atoms with Crippen molar-refractivity contribution in [1.82, 2.24) is 14.9 Å². The van der Waals surface area contributed by atoms with Gasteiger partial charge in [0.1, 0.15) is 0 Å². The summed E-state index contributed by atoms with van der Waals surface area (Å²) in [6.07, 6.45) is 6.16. The maximum Gasteiger partial charge on any atom is 0.0951 e. The lowest BCUT2D eigenvalue weighted by Gasteiger charge is -2.12. The fourth-order valence-electron chi connectivity index (χ4n) is 1.64. The Morgan fingerprint density at radius 3 is 2.94 bits per heavy atom. The molecule has 1 N–H and O–H groups in total. The van der Waals surface area contributed by atoms with Crippen molar-refractivity contribution in [1.29, 1.82) is 0 Å². The van der Waals surface area contributed by atoms with Crippen molar-refractivity contribution in [3.05, 3.63) is 18.2 Å². The molecular weight excluding hydrogens is 214 g/mol. The van der Waals surface area contributed by atoms with E-state index >= 15 is 0 Å². The zero-order valence-corrected chi connectivity index (χ0v) is 11.3. The predicted molar refractivity (Wildman–Crippen MR) is 70.0 cm³/mol. The zero-order valence-electron chi connectivity index (χ0n) is 11.3. The van der Waals surface area contributed by atoms with Crippen LogP contribution in [0.25, 0.3) is 0 Å². The highest BCUT2D eigenvalue weighted by Gasteiger charge is 2.03. The molecule has 0 aliphatic rings. The first-order valence-electron chi connectivity index (χ1n) is 6.54. The summed E-state index contributed by atoms with van der Waals surface area (Å²) in [5.74, 6) is 0. The van der Waals surface area contributed by atoms with Crippen LogP contribution in [0.4, 0.5) is 0 Å². The number of nitrogens with zero attached hydrogens (tertiary/aromatic N) is 2. The molecule has 0 aliphatic heterocycles. The van der Waals surface area contributed by atoms with Crippen molar-refractivity contribution in [2.24, 2.45) is 0 Å². The Morgan fingerprint density at radius 1 is 1.41 bits per heavy atom. The van der Waals surface area contributed by atoms with E-state index in [9.17, 15) is 0 Å². The second kappa shape index (κ2) is 8.25. The van der Waals surface area contributed by atoms with E-state index < -0.39 is 0 Å². The smallest absolute Gasteiger partial charge is 0.0951 e.